The van der Waals surface area contributed by atoms with Crippen LogP contribution in [0.4, 0.5) is 0 Å². The van der Waals surface area contributed by atoms with Crippen molar-refractivity contribution in [1.82, 2.24) is 28.9 Å². The molecule has 3 aromatic heterocycles. The van der Waals surface area contributed by atoms with E-state index in [0.29, 0.717) is 27.8 Å². The molecular weight excluding hydrogens is 352 g/mol. The molecule has 0 bridgehead atoms. The molecule has 7 nitrogen and oxygen atoms in total. The molecule has 1 aliphatic rings. The van der Waals surface area contributed by atoms with E-state index in [9.17, 15) is 4.79 Å². The number of halogens is 1. The topological polar surface area (TPSA) is 70.0 Å². The summed E-state index contributed by atoms with van der Waals surface area (Å²) in [6.45, 7) is 2.26. The molecule has 1 saturated carbocycles. The van der Waals surface area contributed by atoms with Crippen molar-refractivity contribution in [3.05, 3.63) is 51.8 Å². The summed E-state index contributed by atoms with van der Waals surface area (Å²) in [5.74, 6) is 2.03. The smallest absolute Gasteiger partial charge is 0.261 e. The van der Waals surface area contributed by atoms with Gasteiger partial charge in [-0.3, -0.25) is 13.8 Å². The van der Waals surface area contributed by atoms with Crippen LogP contribution < -0.4 is 5.56 Å². The summed E-state index contributed by atoms with van der Waals surface area (Å²) in [7, 11) is 1.74. The first kappa shape index (κ1) is 15.6. The fraction of sp³-hybridized carbons (Fsp3) is 0.333. The van der Waals surface area contributed by atoms with Gasteiger partial charge in [-0.05, 0) is 42.9 Å². The second kappa shape index (κ2) is 5.41. The van der Waals surface area contributed by atoms with Gasteiger partial charge in [-0.2, -0.15) is 4.68 Å². The lowest BCUT2D eigenvalue weighted by Gasteiger charge is -2.09. The SMILES string of the molecule is CC1CC1Cc1cnnn1-c1ncn2c3ccc(Cl)cc3c(=O)n(C)c12. The first-order valence-electron chi connectivity index (χ1n) is 8.60. The van der Waals surface area contributed by atoms with Crippen molar-refractivity contribution in [2.24, 2.45) is 18.9 Å². The van der Waals surface area contributed by atoms with Crippen molar-refractivity contribution in [2.45, 2.75) is 19.8 Å². The summed E-state index contributed by atoms with van der Waals surface area (Å²) in [6.07, 6.45) is 5.66. The Morgan fingerprint density at radius 3 is 2.92 bits per heavy atom. The quantitative estimate of drug-likeness (QED) is 0.557. The number of aryl methyl sites for hydroxylation is 1. The van der Waals surface area contributed by atoms with Crippen LogP contribution in [0.1, 0.15) is 19.0 Å². The van der Waals surface area contributed by atoms with Gasteiger partial charge in [0.25, 0.3) is 5.56 Å². The van der Waals surface area contributed by atoms with Crippen LogP contribution in [0.5, 0.6) is 0 Å². The minimum atomic E-state index is -0.116. The maximum absolute atomic E-state index is 12.8. The van der Waals surface area contributed by atoms with Crippen molar-refractivity contribution in [1.29, 1.82) is 0 Å². The average Bonchev–Trinajstić information content (AvgIpc) is 3.02. The molecule has 0 spiro atoms. The zero-order chi connectivity index (χ0) is 18.0. The lowest BCUT2D eigenvalue weighted by atomic mass is 10.2. The van der Waals surface area contributed by atoms with Crippen molar-refractivity contribution in [3.63, 3.8) is 0 Å². The van der Waals surface area contributed by atoms with Crippen LogP contribution in [-0.4, -0.2) is 28.9 Å². The minimum absolute atomic E-state index is 0.116. The van der Waals surface area contributed by atoms with Gasteiger partial charge in [0.15, 0.2) is 11.5 Å². The molecule has 5 rings (SSSR count). The third kappa shape index (κ3) is 2.20. The van der Waals surface area contributed by atoms with E-state index < -0.39 is 0 Å². The molecule has 2 atom stereocenters. The van der Waals surface area contributed by atoms with Gasteiger partial charge in [0, 0.05) is 12.1 Å². The lowest BCUT2D eigenvalue weighted by molar-refractivity contribution is 0.680. The van der Waals surface area contributed by atoms with E-state index in [1.807, 2.05) is 10.5 Å². The third-order valence-electron chi connectivity index (χ3n) is 5.36. The van der Waals surface area contributed by atoms with Crippen LogP contribution in [0.2, 0.25) is 5.02 Å². The zero-order valence-electron chi connectivity index (χ0n) is 14.4. The molecule has 0 aliphatic heterocycles. The van der Waals surface area contributed by atoms with Crippen molar-refractivity contribution < 1.29 is 0 Å². The molecule has 4 aromatic rings. The number of hydrogen-bond acceptors (Lipinski definition) is 4. The highest BCUT2D eigenvalue weighted by Gasteiger charge is 2.33. The zero-order valence-corrected chi connectivity index (χ0v) is 15.2. The number of benzene rings is 1. The maximum Gasteiger partial charge on any atom is 0.261 e. The average molecular weight is 369 g/mol. The molecule has 0 saturated heterocycles. The Morgan fingerprint density at radius 1 is 1.35 bits per heavy atom. The molecule has 132 valence electrons. The molecule has 0 N–H and O–H groups in total. The normalized spacial score (nSPS) is 19.5. The second-order valence-electron chi connectivity index (χ2n) is 7.10. The van der Waals surface area contributed by atoms with Crippen LogP contribution in [0.25, 0.3) is 22.4 Å². The summed E-state index contributed by atoms with van der Waals surface area (Å²) in [6, 6.07) is 5.30. The van der Waals surface area contributed by atoms with Gasteiger partial charge in [-0.15, -0.1) is 5.10 Å². The van der Waals surface area contributed by atoms with Crippen LogP contribution in [0, 0.1) is 11.8 Å². The Bertz CT molecular complexity index is 1220. The van der Waals surface area contributed by atoms with Gasteiger partial charge >= 0.3 is 0 Å². The number of fused-ring (bicyclic) bond motifs is 3. The van der Waals surface area contributed by atoms with Crippen molar-refractivity contribution in [2.75, 3.05) is 0 Å². The van der Waals surface area contributed by atoms with Crippen molar-refractivity contribution >= 4 is 28.2 Å². The van der Waals surface area contributed by atoms with Crippen LogP contribution >= 0.6 is 11.6 Å². The Morgan fingerprint density at radius 2 is 2.15 bits per heavy atom. The van der Waals surface area contributed by atoms with E-state index in [2.05, 4.69) is 22.2 Å². The summed E-state index contributed by atoms with van der Waals surface area (Å²) >= 11 is 6.07. The van der Waals surface area contributed by atoms with Gasteiger partial charge in [-0.1, -0.05) is 23.7 Å². The summed E-state index contributed by atoms with van der Waals surface area (Å²) in [5.41, 5.74) is 2.35. The predicted molar refractivity (Wildman–Crippen MR) is 98.8 cm³/mol. The molecule has 1 aromatic carbocycles. The number of hydrogen-bond donors (Lipinski definition) is 0. The van der Waals surface area contributed by atoms with Gasteiger partial charge in [0.1, 0.15) is 6.33 Å². The van der Waals surface area contributed by atoms with E-state index >= 15 is 0 Å². The summed E-state index contributed by atoms with van der Waals surface area (Å²) in [5, 5.41) is 9.40. The maximum atomic E-state index is 12.8. The fourth-order valence-corrected chi connectivity index (χ4v) is 3.83. The summed E-state index contributed by atoms with van der Waals surface area (Å²) < 4.78 is 5.24. The highest BCUT2D eigenvalue weighted by atomic mass is 35.5. The molecule has 1 aliphatic carbocycles. The molecule has 2 unspecified atom stereocenters. The number of aromatic nitrogens is 6. The van der Waals surface area contributed by atoms with Crippen molar-refractivity contribution in [3.8, 4) is 5.82 Å². The Balaban J connectivity index is 1.76. The van der Waals surface area contributed by atoms with Crippen LogP contribution in [-0.2, 0) is 13.5 Å². The van der Waals surface area contributed by atoms with Gasteiger partial charge in [0.2, 0.25) is 0 Å². The van der Waals surface area contributed by atoms with Gasteiger partial charge in [-0.25, -0.2) is 4.98 Å². The molecule has 26 heavy (non-hydrogen) atoms. The molecule has 3 heterocycles. The monoisotopic (exact) mass is 368 g/mol. The van der Waals surface area contributed by atoms with E-state index in [0.717, 1.165) is 23.5 Å². The standard InChI is InChI=1S/C18H17ClN6O/c1-10-5-11(10)6-13-8-21-22-25(13)16-17-23(2)18(26)14-7-12(19)3-4-15(14)24(17)9-20-16/h3-4,7-11H,5-6H2,1-2H3. The van der Waals surface area contributed by atoms with E-state index in [-0.39, 0.29) is 5.56 Å². The highest BCUT2D eigenvalue weighted by Crippen LogP contribution is 2.40. The number of nitrogens with zero attached hydrogens (tertiary/aromatic N) is 6. The van der Waals surface area contributed by atoms with Crippen LogP contribution in [0.15, 0.2) is 35.5 Å². The minimum Gasteiger partial charge on any atom is -0.294 e. The van der Waals surface area contributed by atoms with E-state index in [4.69, 9.17) is 11.6 Å². The predicted octanol–water partition coefficient (Wildman–Crippen LogP) is 2.62. The van der Waals surface area contributed by atoms with Gasteiger partial charge in [0.05, 0.1) is 22.8 Å². The Labute approximate surface area is 153 Å². The van der Waals surface area contributed by atoms with E-state index in [1.54, 1.807) is 41.0 Å². The molecule has 0 radical (unpaired) electrons. The number of rotatable bonds is 3. The Kier molecular flexibility index (Phi) is 3.24. The highest BCUT2D eigenvalue weighted by molar-refractivity contribution is 6.31. The number of imidazole rings is 1. The third-order valence-corrected chi connectivity index (χ3v) is 5.60. The lowest BCUT2D eigenvalue weighted by Crippen LogP contribution is -2.20. The first-order chi connectivity index (χ1) is 12.5. The molecule has 1 fully saturated rings. The molecule has 8 heteroatoms. The first-order valence-corrected chi connectivity index (χ1v) is 8.97. The largest absolute Gasteiger partial charge is 0.294 e. The summed E-state index contributed by atoms with van der Waals surface area (Å²) in [4.78, 5) is 17.4. The molecule has 0 amide bonds. The van der Waals surface area contributed by atoms with E-state index in [1.165, 1.54) is 6.42 Å². The second-order valence-corrected chi connectivity index (χ2v) is 7.54. The fourth-order valence-electron chi connectivity index (χ4n) is 3.66. The molecular formula is C18H17ClN6O. The van der Waals surface area contributed by atoms with Gasteiger partial charge < -0.3 is 0 Å². The Hall–Kier alpha value is -2.67. The van der Waals surface area contributed by atoms with Crippen LogP contribution in [0.3, 0.4) is 0 Å².